The number of aromatic nitrogens is 4. The van der Waals surface area contributed by atoms with Gasteiger partial charge in [0.15, 0.2) is 0 Å². The molecule has 6 heteroatoms. The van der Waals surface area contributed by atoms with Gasteiger partial charge in [-0.05, 0) is 30.8 Å². The van der Waals surface area contributed by atoms with Crippen molar-refractivity contribution in [1.29, 1.82) is 0 Å². The van der Waals surface area contributed by atoms with Gasteiger partial charge >= 0.3 is 0 Å². The minimum atomic E-state index is 0.361. The first-order valence-corrected chi connectivity index (χ1v) is 8.36. The van der Waals surface area contributed by atoms with E-state index in [4.69, 9.17) is 0 Å². The van der Waals surface area contributed by atoms with Crippen LogP contribution in [0.4, 0.5) is 0 Å². The number of rotatable bonds is 4. The number of likely N-dealkylation sites (tertiary alicyclic amines) is 1. The summed E-state index contributed by atoms with van der Waals surface area (Å²) in [5.74, 6) is 0. The fraction of sp³-hybridized carbons (Fsp3) is 0.312. The molecule has 3 aromatic rings. The van der Waals surface area contributed by atoms with Crippen LogP contribution in [0.25, 0.3) is 10.6 Å². The molecule has 1 aliphatic rings. The van der Waals surface area contributed by atoms with E-state index in [1.54, 1.807) is 23.7 Å². The summed E-state index contributed by atoms with van der Waals surface area (Å²) in [6.45, 7) is 1.99. The van der Waals surface area contributed by atoms with E-state index in [0.29, 0.717) is 6.04 Å². The van der Waals surface area contributed by atoms with Gasteiger partial charge in [0.05, 0.1) is 28.5 Å². The van der Waals surface area contributed by atoms with Gasteiger partial charge in [0.1, 0.15) is 0 Å². The van der Waals surface area contributed by atoms with Gasteiger partial charge in [-0.3, -0.25) is 20.0 Å². The van der Waals surface area contributed by atoms with Gasteiger partial charge in [-0.25, -0.2) is 0 Å². The Balaban J connectivity index is 1.58. The van der Waals surface area contributed by atoms with Crippen LogP contribution in [0.5, 0.6) is 0 Å². The Labute approximate surface area is 133 Å². The van der Waals surface area contributed by atoms with Crippen LogP contribution in [0.3, 0.4) is 0 Å². The van der Waals surface area contributed by atoms with E-state index >= 15 is 0 Å². The van der Waals surface area contributed by atoms with Gasteiger partial charge in [0.25, 0.3) is 0 Å². The van der Waals surface area contributed by atoms with E-state index in [0.717, 1.165) is 30.9 Å². The molecule has 0 unspecified atom stereocenters. The Hall–Kier alpha value is -2.05. The Bertz CT molecular complexity index is 722. The number of H-pyrrole nitrogens is 1. The van der Waals surface area contributed by atoms with Gasteiger partial charge in [-0.1, -0.05) is 6.07 Å². The highest BCUT2D eigenvalue weighted by Crippen LogP contribution is 2.34. The summed E-state index contributed by atoms with van der Waals surface area (Å²) < 4.78 is 0. The Morgan fingerprint density at radius 1 is 1.32 bits per heavy atom. The predicted octanol–water partition coefficient (Wildman–Crippen LogP) is 3.27. The molecular formula is C16H17N5S. The molecule has 0 amide bonds. The fourth-order valence-electron chi connectivity index (χ4n) is 3.12. The van der Waals surface area contributed by atoms with Gasteiger partial charge in [0.2, 0.25) is 0 Å². The number of thiophene rings is 1. The molecular weight excluding hydrogens is 294 g/mol. The molecule has 0 aromatic carbocycles. The summed E-state index contributed by atoms with van der Waals surface area (Å²) in [7, 11) is 0. The first-order valence-electron chi connectivity index (χ1n) is 7.48. The van der Waals surface area contributed by atoms with Crippen molar-refractivity contribution in [2.24, 2.45) is 0 Å². The molecule has 112 valence electrons. The van der Waals surface area contributed by atoms with Crippen LogP contribution in [0.15, 0.2) is 42.3 Å². The van der Waals surface area contributed by atoms with Crippen LogP contribution in [-0.4, -0.2) is 31.6 Å². The Kier molecular flexibility index (Phi) is 3.70. The molecule has 1 aliphatic heterocycles. The van der Waals surface area contributed by atoms with Crippen LogP contribution in [0.2, 0.25) is 0 Å². The highest BCUT2D eigenvalue weighted by atomic mass is 32.1. The van der Waals surface area contributed by atoms with Crippen LogP contribution >= 0.6 is 11.3 Å². The van der Waals surface area contributed by atoms with E-state index < -0.39 is 0 Å². The summed E-state index contributed by atoms with van der Waals surface area (Å²) in [6, 6.07) is 4.56. The lowest BCUT2D eigenvalue weighted by Crippen LogP contribution is -2.23. The molecule has 1 N–H and O–H groups in total. The summed E-state index contributed by atoms with van der Waals surface area (Å²) in [6.07, 6.45) is 9.69. The van der Waals surface area contributed by atoms with Crippen LogP contribution in [0, 0.1) is 0 Å². The molecule has 0 radical (unpaired) electrons. The second-order valence-electron chi connectivity index (χ2n) is 5.51. The molecule has 0 spiro atoms. The Morgan fingerprint density at radius 2 is 2.32 bits per heavy atom. The van der Waals surface area contributed by atoms with Crippen LogP contribution in [-0.2, 0) is 6.54 Å². The normalized spacial score (nSPS) is 18.8. The van der Waals surface area contributed by atoms with Crippen molar-refractivity contribution < 1.29 is 0 Å². The fourth-order valence-corrected chi connectivity index (χ4v) is 3.87. The molecule has 0 aliphatic carbocycles. The smallest absolute Gasteiger partial charge is 0.0794 e. The highest BCUT2D eigenvalue weighted by Gasteiger charge is 2.28. The predicted molar refractivity (Wildman–Crippen MR) is 86.3 cm³/mol. The second-order valence-corrected chi connectivity index (χ2v) is 6.45. The maximum Gasteiger partial charge on any atom is 0.0794 e. The van der Waals surface area contributed by atoms with Crippen LogP contribution in [0.1, 0.15) is 30.1 Å². The summed E-state index contributed by atoms with van der Waals surface area (Å²) in [5.41, 5.74) is 3.46. The molecule has 1 fully saturated rings. The van der Waals surface area contributed by atoms with Gasteiger partial charge in [-0.2, -0.15) is 5.10 Å². The lowest BCUT2D eigenvalue weighted by atomic mass is 10.1. The first-order chi connectivity index (χ1) is 10.9. The molecule has 4 heterocycles. The topological polar surface area (TPSA) is 57.7 Å². The van der Waals surface area contributed by atoms with Gasteiger partial charge in [-0.15, -0.1) is 11.3 Å². The minimum Gasteiger partial charge on any atom is -0.290 e. The molecule has 0 bridgehead atoms. The Morgan fingerprint density at radius 3 is 3.14 bits per heavy atom. The number of nitrogens with zero attached hydrogens (tertiary/aromatic N) is 4. The SMILES string of the molecule is c1csc(-c2[nH]ncc2CN2CCC[C@H]2c2cnccn2)c1. The van der Waals surface area contributed by atoms with Crippen molar-refractivity contribution in [1.82, 2.24) is 25.1 Å². The van der Waals surface area contributed by atoms with E-state index in [1.165, 1.54) is 16.9 Å². The molecule has 0 saturated carbocycles. The minimum absolute atomic E-state index is 0.361. The second kappa shape index (κ2) is 5.98. The van der Waals surface area contributed by atoms with E-state index in [9.17, 15) is 0 Å². The maximum absolute atomic E-state index is 4.49. The molecule has 4 rings (SSSR count). The van der Waals surface area contributed by atoms with Gasteiger partial charge in [0, 0.05) is 30.7 Å². The summed E-state index contributed by atoms with van der Waals surface area (Å²) in [4.78, 5) is 12.4. The molecule has 3 aromatic heterocycles. The first kappa shape index (κ1) is 13.6. The number of aromatic amines is 1. The average Bonchev–Trinajstić information content (AvgIpc) is 3.30. The third-order valence-electron chi connectivity index (χ3n) is 4.15. The summed E-state index contributed by atoms with van der Waals surface area (Å²) >= 11 is 1.74. The number of hydrogen-bond donors (Lipinski definition) is 1. The molecule has 5 nitrogen and oxygen atoms in total. The van der Waals surface area contributed by atoms with E-state index in [2.05, 4.69) is 42.6 Å². The zero-order chi connectivity index (χ0) is 14.8. The zero-order valence-corrected chi connectivity index (χ0v) is 13.0. The molecule has 1 saturated heterocycles. The standard InChI is InChI=1S/C16H17N5S/c1-3-14(13-10-17-5-6-18-13)21(7-1)11-12-9-19-20-16(12)15-4-2-8-22-15/h2,4-6,8-10,14H,1,3,7,11H2,(H,19,20)/t14-/m0/s1. The largest absolute Gasteiger partial charge is 0.290 e. The summed E-state index contributed by atoms with van der Waals surface area (Å²) in [5, 5.41) is 9.48. The lowest BCUT2D eigenvalue weighted by Gasteiger charge is -2.23. The monoisotopic (exact) mass is 311 g/mol. The van der Waals surface area contributed by atoms with Crippen molar-refractivity contribution in [2.45, 2.75) is 25.4 Å². The lowest BCUT2D eigenvalue weighted by molar-refractivity contribution is 0.244. The van der Waals surface area contributed by atoms with Crippen molar-refractivity contribution in [3.63, 3.8) is 0 Å². The van der Waals surface area contributed by atoms with Gasteiger partial charge < -0.3 is 0 Å². The zero-order valence-electron chi connectivity index (χ0n) is 12.1. The number of nitrogens with one attached hydrogen (secondary N) is 1. The van der Waals surface area contributed by atoms with Crippen molar-refractivity contribution in [2.75, 3.05) is 6.54 Å². The van der Waals surface area contributed by atoms with Crippen molar-refractivity contribution in [3.8, 4) is 10.6 Å². The third-order valence-corrected chi connectivity index (χ3v) is 5.03. The van der Waals surface area contributed by atoms with E-state index in [-0.39, 0.29) is 0 Å². The highest BCUT2D eigenvalue weighted by molar-refractivity contribution is 7.13. The van der Waals surface area contributed by atoms with Crippen LogP contribution < -0.4 is 0 Å². The molecule has 1 atom stereocenters. The van der Waals surface area contributed by atoms with E-state index in [1.807, 2.05) is 12.4 Å². The maximum atomic E-state index is 4.49. The van der Waals surface area contributed by atoms with Crippen molar-refractivity contribution in [3.05, 3.63) is 53.6 Å². The quantitative estimate of drug-likeness (QED) is 0.803. The average molecular weight is 311 g/mol. The van der Waals surface area contributed by atoms with Crippen molar-refractivity contribution >= 4 is 11.3 Å². The molecule has 22 heavy (non-hydrogen) atoms. The number of hydrogen-bond acceptors (Lipinski definition) is 5. The third kappa shape index (κ3) is 2.55.